The zero-order valence-electron chi connectivity index (χ0n) is 54.4. The Morgan fingerprint density at radius 2 is 0.714 bits per heavy atom. The van der Waals surface area contributed by atoms with Crippen molar-refractivity contribution < 1.29 is 27.9 Å². The van der Waals surface area contributed by atoms with Crippen LogP contribution in [0.25, 0.3) is 0 Å². The van der Waals surface area contributed by atoms with Crippen LogP contribution in [0, 0.1) is 0 Å². The highest BCUT2D eigenvalue weighted by molar-refractivity contribution is 7.00. The van der Waals surface area contributed by atoms with Crippen LogP contribution in [0.2, 0.25) is 10.1 Å². The van der Waals surface area contributed by atoms with Gasteiger partial charge in [-0.25, -0.2) is 0 Å². The number of ether oxygens (including phenoxy) is 2. The minimum atomic E-state index is -2.88. The van der Waals surface area contributed by atoms with E-state index in [-0.39, 0.29) is 28.6 Å². The summed E-state index contributed by atoms with van der Waals surface area (Å²) in [6.07, 6.45) is 40.6. The van der Waals surface area contributed by atoms with Gasteiger partial charge in [0, 0.05) is 45.7 Å². The van der Waals surface area contributed by atoms with Crippen LogP contribution in [0.3, 0.4) is 0 Å². The van der Waals surface area contributed by atoms with Gasteiger partial charge in [-0.3, -0.25) is 14.5 Å². The van der Waals surface area contributed by atoms with Crippen LogP contribution < -0.4 is 20.7 Å². The number of carbonyl (C=O) groups excluding carboxylic acids is 2. The molecule has 7 nitrogen and oxygen atoms in total. The monoisotopic (exact) mass is 1180 g/mol. The third kappa shape index (κ3) is 26.7. The summed E-state index contributed by atoms with van der Waals surface area (Å²) >= 11 is 0. The first kappa shape index (κ1) is 72.1. The summed E-state index contributed by atoms with van der Waals surface area (Å²) in [7, 11) is -5.76. The van der Waals surface area contributed by atoms with E-state index in [9.17, 15) is 9.59 Å². The molecule has 4 aromatic rings. The van der Waals surface area contributed by atoms with Gasteiger partial charge in [0.15, 0.2) is 0 Å². The Hall–Kier alpha value is -4.39. The number of allylic oxidation sites excluding steroid dienone is 4. The summed E-state index contributed by atoms with van der Waals surface area (Å²) in [5.74, 6) is -0.472. The molecule has 0 heterocycles. The Bertz CT molecular complexity index is 2140. The van der Waals surface area contributed by atoms with Gasteiger partial charge < -0.3 is 18.3 Å². The molecule has 9 heteroatoms. The van der Waals surface area contributed by atoms with Crippen molar-refractivity contribution in [2.45, 2.75) is 251 Å². The van der Waals surface area contributed by atoms with Crippen molar-refractivity contribution in [3.63, 3.8) is 0 Å². The smallest absolute Gasteiger partial charge is 0.306 e. The maximum Gasteiger partial charge on any atom is 0.306 e. The maximum absolute atomic E-state index is 13.9. The first-order valence-electron chi connectivity index (χ1n) is 33.7. The molecule has 0 radical (unpaired) electrons. The highest BCUT2D eigenvalue weighted by Gasteiger charge is 2.51. The van der Waals surface area contributed by atoms with Crippen LogP contribution in [0.4, 0.5) is 0 Å². The second-order valence-electron chi connectivity index (χ2n) is 25.8. The summed E-state index contributed by atoms with van der Waals surface area (Å²) in [6, 6.07) is 43.2. The zero-order chi connectivity index (χ0) is 60.5. The Morgan fingerprint density at radius 1 is 0.417 bits per heavy atom. The molecule has 466 valence electrons. The van der Waals surface area contributed by atoms with Crippen LogP contribution in [0.15, 0.2) is 146 Å². The standard InChI is InChI=1S/C75H117NO6Si2/c1-9-11-13-15-17-19-21-23-25-27-29-31-33-35-49-59-72(77)79-66-67(82-73(78)60-50-36-34-32-30-28-26-24-22-20-18-16-14-12-10-2)65-76(61-63-80-83(74(3,4)5,68-51-41-37-42-52-68)69-53-43-38-44-54-69)62-64-81-84(75(6,7)8,70-55-45-39-46-56-70)71-57-47-40-48-58-71/h23-26,37-48,51-58,67H,9-22,27-36,49-50,59-66H2,1-8H3/b25-23-,26-24-. The molecule has 0 saturated heterocycles. The summed E-state index contributed by atoms with van der Waals surface area (Å²) in [5, 5.41) is 4.51. The molecule has 0 amide bonds. The summed E-state index contributed by atoms with van der Waals surface area (Å²) in [5.41, 5.74) is 0. The first-order valence-corrected chi connectivity index (χ1v) is 37.5. The van der Waals surface area contributed by atoms with Crippen LogP contribution in [-0.2, 0) is 27.9 Å². The average molecular weight is 1180 g/mol. The molecule has 0 spiro atoms. The highest BCUT2D eigenvalue weighted by Crippen LogP contribution is 2.38. The third-order valence-electron chi connectivity index (χ3n) is 16.8. The fourth-order valence-electron chi connectivity index (χ4n) is 12.1. The van der Waals surface area contributed by atoms with E-state index in [1.807, 2.05) is 0 Å². The van der Waals surface area contributed by atoms with E-state index < -0.39 is 22.7 Å². The minimum Gasteiger partial charge on any atom is -0.462 e. The second-order valence-corrected chi connectivity index (χ2v) is 34.4. The van der Waals surface area contributed by atoms with Crippen molar-refractivity contribution in [3.05, 3.63) is 146 Å². The van der Waals surface area contributed by atoms with E-state index in [1.165, 1.54) is 130 Å². The molecule has 0 aliphatic heterocycles. The molecule has 4 rings (SSSR count). The van der Waals surface area contributed by atoms with E-state index in [0.29, 0.717) is 45.7 Å². The topological polar surface area (TPSA) is 74.3 Å². The molecular formula is C75H117NO6Si2. The van der Waals surface area contributed by atoms with Gasteiger partial charge in [0.05, 0.1) is 0 Å². The molecule has 1 unspecified atom stereocenters. The molecule has 4 aromatic carbocycles. The van der Waals surface area contributed by atoms with Crippen molar-refractivity contribution in [1.29, 1.82) is 0 Å². The fraction of sp³-hybridized carbons (Fsp3) is 0.600. The largest absolute Gasteiger partial charge is 0.462 e. The van der Waals surface area contributed by atoms with Crippen LogP contribution in [0.5, 0.6) is 0 Å². The predicted octanol–water partition coefficient (Wildman–Crippen LogP) is 18.0. The molecule has 84 heavy (non-hydrogen) atoms. The first-order chi connectivity index (χ1) is 40.8. The lowest BCUT2D eigenvalue weighted by atomic mass is 10.1. The van der Waals surface area contributed by atoms with Crippen molar-refractivity contribution in [2.75, 3.05) is 39.5 Å². The minimum absolute atomic E-state index is 0.00363. The van der Waals surface area contributed by atoms with E-state index in [4.69, 9.17) is 18.3 Å². The van der Waals surface area contributed by atoms with E-state index in [1.54, 1.807) is 0 Å². The number of carbonyl (C=O) groups is 2. The van der Waals surface area contributed by atoms with Gasteiger partial charge in [0.2, 0.25) is 0 Å². The number of rotatable bonds is 47. The number of nitrogens with zero attached hydrogens (tertiary/aromatic N) is 1. The molecular weight excluding hydrogens is 1070 g/mol. The van der Waals surface area contributed by atoms with Gasteiger partial charge >= 0.3 is 11.9 Å². The Balaban J connectivity index is 1.50. The Labute approximate surface area is 515 Å². The zero-order valence-corrected chi connectivity index (χ0v) is 56.4. The van der Waals surface area contributed by atoms with Crippen molar-refractivity contribution in [3.8, 4) is 0 Å². The van der Waals surface area contributed by atoms with Crippen molar-refractivity contribution in [2.24, 2.45) is 0 Å². The van der Waals surface area contributed by atoms with E-state index >= 15 is 0 Å². The lowest BCUT2D eigenvalue weighted by Gasteiger charge is -2.44. The molecule has 0 aliphatic carbocycles. The molecule has 0 bridgehead atoms. The summed E-state index contributed by atoms with van der Waals surface area (Å²) < 4.78 is 27.6. The molecule has 1 atom stereocenters. The van der Waals surface area contributed by atoms with Crippen LogP contribution in [0.1, 0.15) is 235 Å². The van der Waals surface area contributed by atoms with Gasteiger partial charge in [-0.05, 0) is 95.0 Å². The van der Waals surface area contributed by atoms with Crippen molar-refractivity contribution in [1.82, 2.24) is 4.90 Å². The van der Waals surface area contributed by atoms with Crippen LogP contribution >= 0.6 is 0 Å². The molecule has 0 aliphatic rings. The maximum atomic E-state index is 13.9. The molecule has 0 aromatic heterocycles. The van der Waals surface area contributed by atoms with Gasteiger partial charge in [-0.15, -0.1) is 0 Å². The number of unbranched alkanes of at least 4 members (excludes halogenated alkanes) is 22. The predicted molar refractivity (Wildman–Crippen MR) is 363 cm³/mol. The number of benzene rings is 4. The Kier molecular flexibility index (Phi) is 36.4. The van der Waals surface area contributed by atoms with E-state index in [0.717, 1.165) is 57.8 Å². The van der Waals surface area contributed by atoms with E-state index in [2.05, 4.69) is 206 Å². The summed E-state index contributed by atoms with van der Waals surface area (Å²) in [4.78, 5) is 29.8. The van der Waals surface area contributed by atoms with Crippen molar-refractivity contribution >= 4 is 49.3 Å². The van der Waals surface area contributed by atoms with Gasteiger partial charge in [-0.2, -0.15) is 0 Å². The van der Waals surface area contributed by atoms with Crippen LogP contribution in [-0.4, -0.2) is 79.0 Å². The fourth-order valence-corrected chi connectivity index (χ4v) is 21.2. The lowest BCUT2D eigenvalue weighted by molar-refractivity contribution is -0.160. The number of hydrogen-bond donors (Lipinski definition) is 0. The average Bonchev–Trinajstić information content (AvgIpc) is 3.23. The number of hydrogen-bond acceptors (Lipinski definition) is 7. The molecule has 0 N–H and O–H groups in total. The SMILES string of the molecule is CCCCCCCC/C=C\CCCCCCCC(=O)OCC(CN(CCO[Si](c1ccccc1)(c1ccccc1)C(C)(C)C)CCO[Si](c1ccccc1)(c1ccccc1)C(C)(C)C)OC(=O)CCCCCCC/C=C\CCCCCCCC. The summed E-state index contributed by atoms with van der Waals surface area (Å²) in [6.45, 7) is 20.8. The Morgan fingerprint density at radius 3 is 1.04 bits per heavy atom. The number of esters is 2. The highest BCUT2D eigenvalue weighted by atomic mass is 28.4. The quantitative estimate of drug-likeness (QED) is 0.0189. The van der Waals surface area contributed by atoms with Gasteiger partial charge in [0.1, 0.15) is 12.7 Å². The second kappa shape index (κ2) is 42.5. The molecule has 0 fully saturated rings. The normalized spacial score (nSPS) is 12.9. The van der Waals surface area contributed by atoms with Gasteiger partial charge in [0.25, 0.3) is 16.6 Å². The third-order valence-corrected chi connectivity index (χ3v) is 26.8. The van der Waals surface area contributed by atoms with Gasteiger partial charge in [-0.1, -0.05) is 304 Å². The lowest BCUT2D eigenvalue weighted by Crippen LogP contribution is -2.67. The molecule has 0 saturated carbocycles.